The Bertz CT molecular complexity index is 644. The smallest absolute Gasteiger partial charge is 0.229 e. The van der Waals surface area contributed by atoms with Crippen LogP contribution in [0.1, 0.15) is 6.92 Å². The van der Waals surface area contributed by atoms with Crippen LogP contribution in [0.25, 0.3) is 0 Å². The Morgan fingerprint density at radius 2 is 2.10 bits per heavy atom. The fraction of sp³-hybridized carbons (Fsp3) is 0.462. The number of amides is 1. The van der Waals surface area contributed by atoms with Crippen molar-refractivity contribution in [3.8, 4) is 0 Å². The lowest BCUT2D eigenvalue weighted by molar-refractivity contribution is -0.121. The second-order valence-electron chi connectivity index (χ2n) is 5.27. The second-order valence-corrected chi connectivity index (χ2v) is 7.42. The number of rotatable bonds is 5. The van der Waals surface area contributed by atoms with Gasteiger partial charge < -0.3 is 10.6 Å². The van der Waals surface area contributed by atoms with Crippen LogP contribution in [-0.4, -0.2) is 33.7 Å². The average molecular weight is 332 g/mol. The number of halogens is 1. The van der Waals surface area contributed by atoms with Crippen LogP contribution >= 0.6 is 11.6 Å². The molecule has 6 nitrogen and oxygen atoms in total. The Labute approximate surface area is 129 Å². The number of hydrogen-bond donors (Lipinski definition) is 3. The molecule has 8 heteroatoms. The van der Waals surface area contributed by atoms with E-state index in [0.717, 1.165) is 19.3 Å². The summed E-state index contributed by atoms with van der Waals surface area (Å²) >= 11 is 6.04. The first-order valence-corrected chi connectivity index (χ1v) is 8.82. The van der Waals surface area contributed by atoms with Gasteiger partial charge in [0.1, 0.15) is 0 Å². The van der Waals surface area contributed by atoms with Gasteiger partial charge in [-0.2, -0.15) is 0 Å². The maximum Gasteiger partial charge on any atom is 0.229 e. The van der Waals surface area contributed by atoms with Gasteiger partial charge in [0.15, 0.2) is 0 Å². The first-order valence-electron chi connectivity index (χ1n) is 6.55. The van der Waals surface area contributed by atoms with Crippen molar-refractivity contribution in [2.45, 2.75) is 6.92 Å². The van der Waals surface area contributed by atoms with Crippen LogP contribution in [-0.2, 0) is 14.8 Å². The molecule has 0 saturated carbocycles. The fourth-order valence-corrected chi connectivity index (χ4v) is 2.74. The molecule has 0 spiro atoms. The second kappa shape index (κ2) is 6.21. The summed E-state index contributed by atoms with van der Waals surface area (Å²) in [4.78, 5) is 12.2. The first-order chi connectivity index (χ1) is 9.76. The summed E-state index contributed by atoms with van der Waals surface area (Å²) in [5, 5.41) is 6.24. The molecule has 1 heterocycles. The molecule has 116 valence electrons. The van der Waals surface area contributed by atoms with Gasteiger partial charge in [0.25, 0.3) is 0 Å². The van der Waals surface area contributed by atoms with Crippen molar-refractivity contribution in [2.24, 2.45) is 11.8 Å². The van der Waals surface area contributed by atoms with Crippen molar-refractivity contribution in [1.82, 2.24) is 5.32 Å². The van der Waals surface area contributed by atoms with Gasteiger partial charge >= 0.3 is 0 Å². The Hall–Kier alpha value is -1.31. The van der Waals surface area contributed by atoms with Gasteiger partial charge in [-0.25, -0.2) is 8.42 Å². The van der Waals surface area contributed by atoms with Gasteiger partial charge in [-0.3, -0.25) is 9.52 Å². The number of anilines is 2. The standard InChI is InChI=1S/C13H18ClN3O3S/c1-8(9-6-15-7-9)13(18)16-12-5-10(3-4-11(12)14)17-21(2,19)20/h3-5,8-9,15,17H,6-7H2,1-2H3,(H,16,18). The molecular formula is C13H18ClN3O3S. The van der Waals surface area contributed by atoms with Gasteiger partial charge in [0.05, 0.1) is 22.7 Å². The average Bonchev–Trinajstić information content (AvgIpc) is 2.29. The zero-order valence-electron chi connectivity index (χ0n) is 11.8. The van der Waals surface area contributed by atoms with Gasteiger partial charge in [-0.1, -0.05) is 18.5 Å². The van der Waals surface area contributed by atoms with E-state index in [1.165, 1.54) is 12.1 Å². The van der Waals surface area contributed by atoms with E-state index >= 15 is 0 Å². The summed E-state index contributed by atoms with van der Waals surface area (Å²) in [6, 6.07) is 4.59. The first kappa shape index (κ1) is 16.1. The Morgan fingerprint density at radius 1 is 1.43 bits per heavy atom. The third-order valence-electron chi connectivity index (χ3n) is 3.46. The Balaban J connectivity index is 2.11. The van der Waals surface area contributed by atoms with Gasteiger partial charge in [-0.05, 0) is 37.2 Å². The lowest BCUT2D eigenvalue weighted by atomic mass is 9.88. The molecule has 1 aliphatic rings. The molecule has 1 unspecified atom stereocenters. The van der Waals surface area contributed by atoms with Crippen molar-refractivity contribution in [2.75, 3.05) is 29.4 Å². The lowest BCUT2D eigenvalue weighted by Gasteiger charge is -2.31. The van der Waals surface area contributed by atoms with Crippen LogP contribution in [0.5, 0.6) is 0 Å². The molecular weight excluding hydrogens is 314 g/mol. The number of sulfonamides is 1. The summed E-state index contributed by atoms with van der Waals surface area (Å²) in [5.41, 5.74) is 0.754. The molecule has 1 saturated heterocycles. The van der Waals surface area contributed by atoms with Crippen LogP contribution in [0, 0.1) is 11.8 Å². The maximum absolute atomic E-state index is 12.2. The molecule has 2 rings (SSSR count). The Kier molecular flexibility index (Phi) is 4.75. The van der Waals surface area contributed by atoms with E-state index < -0.39 is 10.0 Å². The highest BCUT2D eigenvalue weighted by Gasteiger charge is 2.28. The van der Waals surface area contributed by atoms with Gasteiger partial charge in [0.2, 0.25) is 15.9 Å². The van der Waals surface area contributed by atoms with E-state index in [1.807, 2.05) is 6.92 Å². The molecule has 0 bridgehead atoms. The molecule has 1 aromatic rings. The molecule has 0 radical (unpaired) electrons. The predicted octanol–water partition coefficient (Wildman–Crippen LogP) is 1.51. The highest BCUT2D eigenvalue weighted by atomic mass is 35.5. The number of benzene rings is 1. The quantitative estimate of drug-likeness (QED) is 0.763. The third kappa shape index (κ3) is 4.33. The summed E-state index contributed by atoms with van der Waals surface area (Å²) in [7, 11) is -3.37. The maximum atomic E-state index is 12.2. The van der Waals surface area contributed by atoms with E-state index in [4.69, 9.17) is 11.6 Å². The summed E-state index contributed by atoms with van der Waals surface area (Å²) < 4.78 is 24.8. The summed E-state index contributed by atoms with van der Waals surface area (Å²) in [6.45, 7) is 3.53. The number of carbonyl (C=O) groups excluding carboxylic acids is 1. The summed E-state index contributed by atoms with van der Waals surface area (Å²) in [6.07, 6.45) is 1.06. The predicted molar refractivity (Wildman–Crippen MR) is 84.1 cm³/mol. The highest BCUT2D eigenvalue weighted by molar-refractivity contribution is 7.92. The molecule has 1 atom stereocenters. The SMILES string of the molecule is CC(C(=O)Nc1cc(NS(C)(=O)=O)ccc1Cl)C1CNC1. The number of nitrogens with one attached hydrogen (secondary N) is 3. The molecule has 1 aromatic carbocycles. The minimum atomic E-state index is -3.37. The van der Waals surface area contributed by atoms with E-state index in [0.29, 0.717) is 22.3 Å². The minimum Gasteiger partial charge on any atom is -0.324 e. The van der Waals surface area contributed by atoms with E-state index in [9.17, 15) is 13.2 Å². The monoisotopic (exact) mass is 331 g/mol. The molecule has 1 aliphatic heterocycles. The highest BCUT2D eigenvalue weighted by Crippen LogP contribution is 2.27. The van der Waals surface area contributed by atoms with Gasteiger partial charge in [-0.15, -0.1) is 0 Å². The molecule has 1 fully saturated rings. The van der Waals surface area contributed by atoms with Crippen molar-refractivity contribution >= 4 is 38.9 Å². The minimum absolute atomic E-state index is 0.125. The molecule has 3 N–H and O–H groups in total. The van der Waals surface area contributed by atoms with Crippen molar-refractivity contribution in [3.63, 3.8) is 0 Å². The molecule has 0 aliphatic carbocycles. The normalized spacial score (nSPS) is 16.9. The van der Waals surface area contributed by atoms with Gasteiger partial charge in [0, 0.05) is 5.92 Å². The lowest BCUT2D eigenvalue weighted by Crippen LogP contribution is -2.48. The van der Waals surface area contributed by atoms with Crippen molar-refractivity contribution < 1.29 is 13.2 Å². The van der Waals surface area contributed by atoms with Crippen LogP contribution in [0.15, 0.2) is 18.2 Å². The van der Waals surface area contributed by atoms with E-state index in [1.54, 1.807) is 6.07 Å². The third-order valence-corrected chi connectivity index (χ3v) is 4.40. The fourth-order valence-electron chi connectivity index (χ4n) is 2.02. The van der Waals surface area contributed by atoms with Crippen LogP contribution in [0.2, 0.25) is 5.02 Å². The summed E-state index contributed by atoms with van der Waals surface area (Å²) in [5.74, 6) is 0.0647. The topological polar surface area (TPSA) is 87.3 Å². The Morgan fingerprint density at radius 3 is 2.62 bits per heavy atom. The van der Waals surface area contributed by atoms with Crippen LogP contribution in [0.4, 0.5) is 11.4 Å². The van der Waals surface area contributed by atoms with Crippen LogP contribution < -0.4 is 15.4 Å². The van der Waals surface area contributed by atoms with E-state index in [2.05, 4.69) is 15.4 Å². The molecule has 1 amide bonds. The zero-order chi connectivity index (χ0) is 15.6. The largest absolute Gasteiger partial charge is 0.324 e. The number of hydrogen-bond acceptors (Lipinski definition) is 4. The molecule has 21 heavy (non-hydrogen) atoms. The zero-order valence-corrected chi connectivity index (χ0v) is 13.4. The van der Waals surface area contributed by atoms with E-state index in [-0.39, 0.29) is 11.8 Å². The number of carbonyl (C=O) groups is 1. The molecule has 0 aromatic heterocycles. The van der Waals surface area contributed by atoms with Crippen molar-refractivity contribution in [3.05, 3.63) is 23.2 Å². The van der Waals surface area contributed by atoms with Crippen LogP contribution in [0.3, 0.4) is 0 Å². The van der Waals surface area contributed by atoms with Crippen molar-refractivity contribution in [1.29, 1.82) is 0 Å².